The molecule has 2 aliphatic rings. The molecule has 0 spiro atoms. The third kappa shape index (κ3) is 2.11. The van der Waals surface area contributed by atoms with Gasteiger partial charge in [0.15, 0.2) is 0 Å². The smallest absolute Gasteiger partial charge is 0.124 e. The SMILES string of the molecule is NC1(c2cc(Br)ccc2OCC2CC2)CC1. The van der Waals surface area contributed by atoms with Gasteiger partial charge in [0.1, 0.15) is 5.75 Å². The minimum absolute atomic E-state index is 0.122. The van der Waals surface area contributed by atoms with E-state index < -0.39 is 0 Å². The Morgan fingerprint density at radius 3 is 2.75 bits per heavy atom. The summed E-state index contributed by atoms with van der Waals surface area (Å²) in [6.07, 6.45) is 4.78. The lowest BCUT2D eigenvalue weighted by Gasteiger charge is -2.16. The first-order valence-electron chi connectivity index (χ1n) is 5.89. The van der Waals surface area contributed by atoms with Gasteiger partial charge < -0.3 is 10.5 Å². The maximum absolute atomic E-state index is 6.26. The van der Waals surface area contributed by atoms with Crippen LogP contribution in [0.25, 0.3) is 0 Å². The Labute approximate surface area is 104 Å². The van der Waals surface area contributed by atoms with Crippen molar-refractivity contribution in [3.63, 3.8) is 0 Å². The van der Waals surface area contributed by atoms with Crippen LogP contribution in [0.5, 0.6) is 5.75 Å². The van der Waals surface area contributed by atoms with Gasteiger partial charge in [0.2, 0.25) is 0 Å². The van der Waals surface area contributed by atoms with Crippen LogP contribution in [0.4, 0.5) is 0 Å². The van der Waals surface area contributed by atoms with Gasteiger partial charge in [-0.1, -0.05) is 15.9 Å². The van der Waals surface area contributed by atoms with Crippen LogP contribution in [0.2, 0.25) is 0 Å². The Balaban J connectivity index is 1.83. The molecule has 2 saturated carbocycles. The van der Waals surface area contributed by atoms with Gasteiger partial charge in [-0.3, -0.25) is 0 Å². The molecule has 0 aromatic heterocycles. The minimum atomic E-state index is -0.122. The van der Waals surface area contributed by atoms with E-state index in [1.807, 2.05) is 12.1 Å². The summed E-state index contributed by atoms with van der Waals surface area (Å²) in [4.78, 5) is 0. The number of hydrogen-bond donors (Lipinski definition) is 1. The van der Waals surface area contributed by atoms with E-state index in [0.717, 1.165) is 35.6 Å². The molecule has 2 aliphatic carbocycles. The minimum Gasteiger partial charge on any atom is -0.493 e. The van der Waals surface area contributed by atoms with Crippen LogP contribution >= 0.6 is 15.9 Å². The van der Waals surface area contributed by atoms with E-state index in [-0.39, 0.29) is 5.54 Å². The van der Waals surface area contributed by atoms with Crippen LogP contribution < -0.4 is 10.5 Å². The number of hydrogen-bond acceptors (Lipinski definition) is 2. The summed E-state index contributed by atoms with van der Waals surface area (Å²) in [5.74, 6) is 1.76. The summed E-state index contributed by atoms with van der Waals surface area (Å²) in [5, 5.41) is 0. The number of halogens is 1. The van der Waals surface area contributed by atoms with Crippen molar-refractivity contribution < 1.29 is 4.74 Å². The summed E-state index contributed by atoms with van der Waals surface area (Å²) >= 11 is 3.50. The number of benzene rings is 1. The van der Waals surface area contributed by atoms with E-state index in [1.54, 1.807) is 0 Å². The predicted molar refractivity (Wildman–Crippen MR) is 67.5 cm³/mol. The fourth-order valence-corrected chi connectivity index (χ4v) is 2.27. The first-order valence-corrected chi connectivity index (χ1v) is 6.68. The Hall–Kier alpha value is -0.540. The van der Waals surface area contributed by atoms with E-state index in [2.05, 4.69) is 22.0 Å². The number of rotatable bonds is 4. The van der Waals surface area contributed by atoms with E-state index in [9.17, 15) is 0 Å². The zero-order chi connectivity index (χ0) is 11.2. The average Bonchev–Trinajstić information content (AvgIpc) is 3.13. The van der Waals surface area contributed by atoms with Crippen molar-refractivity contribution in [3.05, 3.63) is 28.2 Å². The molecular weight excluding hydrogens is 266 g/mol. The van der Waals surface area contributed by atoms with Crippen LogP contribution in [-0.2, 0) is 5.54 Å². The zero-order valence-corrected chi connectivity index (χ0v) is 10.8. The molecule has 0 bridgehead atoms. The average molecular weight is 282 g/mol. The van der Waals surface area contributed by atoms with Crippen molar-refractivity contribution in [3.8, 4) is 5.75 Å². The maximum Gasteiger partial charge on any atom is 0.124 e. The quantitative estimate of drug-likeness (QED) is 0.920. The van der Waals surface area contributed by atoms with Crippen LogP contribution in [0, 0.1) is 5.92 Å². The third-order valence-electron chi connectivity index (χ3n) is 3.44. The Bertz CT molecular complexity index is 410. The van der Waals surface area contributed by atoms with Gasteiger partial charge >= 0.3 is 0 Å². The second kappa shape index (κ2) is 3.74. The van der Waals surface area contributed by atoms with Crippen molar-refractivity contribution in [1.29, 1.82) is 0 Å². The molecule has 2 nitrogen and oxygen atoms in total. The van der Waals surface area contributed by atoms with Gasteiger partial charge in [-0.2, -0.15) is 0 Å². The van der Waals surface area contributed by atoms with Gasteiger partial charge in [-0.05, 0) is 49.8 Å². The van der Waals surface area contributed by atoms with Crippen molar-refractivity contribution in [2.45, 2.75) is 31.2 Å². The molecule has 0 aliphatic heterocycles. The van der Waals surface area contributed by atoms with E-state index in [0.29, 0.717) is 0 Å². The van der Waals surface area contributed by atoms with Crippen molar-refractivity contribution in [2.24, 2.45) is 11.7 Å². The summed E-state index contributed by atoms with van der Waals surface area (Å²) in [6.45, 7) is 0.852. The van der Waals surface area contributed by atoms with Gasteiger partial charge in [0, 0.05) is 15.6 Å². The molecule has 3 rings (SSSR count). The molecular formula is C13H16BrNO. The highest BCUT2D eigenvalue weighted by atomic mass is 79.9. The highest BCUT2D eigenvalue weighted by molar-refractivity contribution is 9.10. The standard InChI is InChI=1S/C13H16BrNO/c14-10-3-4-12(16-8-9-1-2-9)11(7-10)13(15)5-6-13/h3-4,7,9H,1-2,5-6,8,15H2. The molecule has 1 aromatic rings. The molecule has 2 fully saturated rings. The van der Waals surface area contributed by atoms with Gasteiger partial charge in [-0.15, -0.1) is 0 Å². The summed E-state index contributed by atoms with van der Waals surface area (Å²) < 4.78 is 6.96. The van der Waals surface area contributed by atoms with Crippen molar-refractivity contribution >= 4 is 15.9 Å². The number of ether oxygens (including phenoxy) is 1. The molecule has 0 saturated heterocycles. The van der Waals surface area contributed by atoms with Gasteiger partial charge in [0.05, 0.1) is 6.61 Å². The molecule has 0 amide bonds. The molecule has 0 unspecified atom stereocenters. The zero-order valence-electron chi connectivity index (χ0n) is 9.21. The lowest BCUT2D eigenvalue weighted by molar-refractivity contribution is 0.294. The first kappa shape index (κ1) is 10.6. The van der Waals surface area contributed by atoms with Crippen molar-refractivity contribution in [2.75, 3.05) is 6.61 Å². The summed E-state index contributed by atoms with van der Waals surface area (Å²) in [7, 11) is 0. The second-order valence-electron chi connectivity index (χ2n) is 5.05. The normalized spacial score (nSPS) is 21.9. The van der Waals surface area contributed by atoms with Crippen LogP contribution in [0.1, 0.15) is 31.2 Å². The summed E-state index contributed by atoms with van der Waals surface area (Å²) in [6, 6.07) is 6.17. The summed E-state index contributed by atoms with van der Waals surface area (Å²) in [5.41, 5.74) is 7.31. The molecule has 0 radical (unpaired) electrons. The highest BCUT2D eigenvalue weighted by Crippen LogP contribution is 2.47. The molecule has 16 heavy (non-hydrogen) atoms. The first-order chi connectivity index (χ1) is 7.67. The maximum atomic E-state index is 6.26. The second-order valence-corrected chi connectivity index (χ2v) is 5.97. The predicted octanol–water partition coefficient (Wildman–Crippen LogP) is 3.19. The molecule has 0 atom stereocenters. The lowest BCUT2D eigenvalue weighted by atomic mass is 10.0. The molecule has 3 heteroatoms. The topological polar surface area (TPSA) is 35.2 Å². The van der Waals surface area contributed by atoms with E-state index in [4.69, 9.17) is 10.5 Å². The Morgan fingerprint density at radius 1 is 1.38 bits per heavy atom. The monoisotopic (exact) mass is 281 g/mol. The van der Waals surface area contributed by atoms with Crippen molar-refractivity contribution in [1.82, 2.24) is 0 Å². The Kier molecular flexibility index (Phi) is 2.48. The molecule has 1 aromatic carbocycles. The lowest BCUT2D eigenvalue weighted by Crippen LogP contribution is -2.20. The molecule has 0 heterocycles. The fraction of sp³-hybridized carbons (Fsp3) is 0.538. The van der Waals surface area contributed by atoms with Gasteiger partial charge in [-0.25, -0.2) is 0 Å². The largest absolute Gasteiger partial charge is 0.493 e. The van der Waals surface area contributed by atoms with Crippen LogP contribution in [-0.4, -0.2) is 6.61 Å². The van der Waals surface area contributed by atoms with Gasteiger partial charge in [0.25, 0.3) is 0 Å². The van der Waals surface area contributed by atoms with Crippen LogP contribution in [0.3, 0.4) is 0 Å². The third-order valence-corrected chi connectivity index (χ3v) is 3.93. The van der Waals surface area contributed by atoms with Crippen LogP contribution in [0.15, 0.2) is 22.7 Å². The molecule has 86 valence electrons. The highest BCUT2D eigenvalue weighted by Gasteiger charge is 2.42. The van der Waals surface area contributed by atoms with E-state index in [1.165, 1.54) is 18.4 Å². The molecule has 2 N–H and O–H groups in total. The van der Waals surface area contributed by atoms with E-state index >= 15 is 0 Å². The Morgan fingerprint density at radius 2 is 2.12 bits per heavy atom. The fourth-order valence-electron chi connectivity index (χ4n) is 1.91. The number of nitrogens with two attached hydrogens (primary N) is 1.